The summed E-state index contributed by atoms with van der Waals surface area (Å²) in [6.07, 6.45) is 0. The van der Waals surface area contributed by atoms with Gasteiger partial charge in [0.05, 0.1) is 0 Å². The van der Waals surface area contributed by atoms with Gasteiger partial charge in [0.2, 0.25) is 0 Å². The van der Waals surface area contributed by atoms with E-state index >= 15 is 0 Å². The topological polar surface area (TPSA) is 30.2 Å². The van der Waals surface area contributed by atoms with Gasteiger partial charge in [0.1, 0.15) is 6.61 Å². The highest BCUT2D eigenvalue weighted by Crippen LogP contribution is 2.05. The second kappa shape index (κ2) is 5.95. The molecule has 1 heterocycles. The second-order valence-corrected chi connectivity index (χ2v) is 4.86. The molecule has 1 aromatic heterocycles. The molecule has 0 aliphatic carbocycles. The number of nitrogens with zero attached hydrogens (tertiary/aromatic N) is 1. The smallest absolute Gasteiger partial charge is 0.404 e. The third-order valence-corrected chi connectivity index (χ3v) is 3.82. The lowest BCUT2D eigenvalue weighted by Crippen LogP contribution is -2.33. The molecule has 0 fully saturated rings. The van der Waals surface area contributed by atoms with Gasteiger partial charge in [-0.2, -0.15) is 0 Å². The average molecular weight is 354 g/mol. The molecule has 3 nitrogen and oxygen atoms in total. The van der Waals surface area contributed by atoms with Gasteiger partial charge < -0.3 is 4.74 Å². The van der Waals surface area contributed by atoms with E-state index in [-0.39, 0.29) is 5.97 Å². The summed E-state index contributed by atoms with van der Waals surface area (Å²) in [6, 6.07) is 15.2. The Morgan fingerprint density at radius 3 is 2.61 bits per heavy atom. The zero-order valence-electron chi connectivity index (χ0n) is 9.97. The molecule has 0 amide bonds. The van der Waals surface area contributed by atoms with Crippen LogP contribution in [0.5, 0.6) is 0 Å². The zero-order valence-corrected chi connectivity index (χ0v) is 12.1. The van der Waals surface area contributed by atoms with Crippen LogP contribution in [0, 0.1) is 6.92 Å². The Labute approximate surface area is 120 Å². The first-order chi connectivity index (χ1) is 8.68. The predicted molar refractivity (Wildman–Crippen MR) is 76.4 cm³/mol. The van der Waals surface area contributed by atoms with E-state index in [1.807, 2.05) is 49.4 Å². The van der Waals surface area contributed by atoms with Crippen LogP contribution in [0.15, 0.2) is 48.5 Å². The lowest BCUT2D eigenvalue weighted by atomic mass is 10.2. The number of esters is 1. The molecule has 0 atom stereocenters. The van der Waals surface area contributed by atoms with Gasteiger partial charge in [0.25, 0.3) is 5.69 Å². The summed E-state index contributed by atoms with van der Waals surface area (Å²) < 4.78 is 7.08. The molecule has 1 aromatic carbocycles. The molecule has 0 saturated carbocycles. The van der Waals surface area contributed by atoms with Crippen molar-refractivity contribution in [2.75, 3.05) is 0 Å². The number of rotatable bonds is 3. The molecule has 2 aromatic rings. The number of hydrogen-bond donors (Lipinski definition) is 0. The van der Waals surface area contributed by atoms with Crippen LogP contribution in [0.25, 0.3) is 0 Å². The van der Waals surface area contributed by atoms with E-state index in [2.05, 4.69) is 22.9 Å². The number of carbonyl (C=O) groups excluding carboxylic acids is 1. The van der Waals surface area contributed by atoms with E-state index in [0.29, 0.717) is 12.3 Å². The van der Waals surface area contributed by atoms with Gasteiger partial charge in [-0.15, -0.1) is 2.78 Å². The molecule has 0 aliphatic rings. The molecule has 92 valence electrons. The molecule has 0 radical (unpaired) electrons. The van der Waals surface area contributed by atoms with Crippen LogP contribution < -0.4 is 2.78 Å². The SMILES string of the molecule is Cc1cccc(C(=O)OCc2ccccc2)[n+]1I. The Hall–Kier alpha value is -1.43. The van der Waals surface area contributed by atoms with Gasteiger partial charge >= 0.3 is 28.8 Å². The maximum Gasteiger partial charge on any atom is 0.404 e. The van der Waals surface area contributed by atoms with Crippen molar-refractivity contribution in [2.45, 2.75) is 13.5 Å². The fraction of sp³-hybridized carbons (Fsp3) is 0.143. The van der Waals surface area contributed by atoms with Crippen LogP contribution in [0.2, 0.25) is 0 Å². The second-order valence-electron chi connectivity index (χ2n) is 3.89. The molecule has 4 heteroatoms. The Bertz CT molecular complexity index is 555. The maximum atomic E-state index is 11.9. The van der Waals surface area contributed by atoms with Gasteiger partial charge in [-0.05, 0) is 11.6 Å². The van der Waals surface area contributed by atoms with Crippen molar-refractivity contribution in [2.24, 2.45) is 0 Å². The van der Waals surface area contributed by atoms with Crippen LogP contribution in [0.1, 0.15) is 21.7 Å². The van der Waals surface area contributed by atoms with Crippen molar-refractivity contribution >= 4 is 28.8 Å². The number of carbonyl (C=O) groups is 1. The Kier molecular flexibility index (Phi) is 4.30. The van der Waals surface area contributed by atoms with E-state index in [4.69, 9.17) is 4.74 Å². The fourth-order valence-electron chi connectivity index (χ4n) is 1.54. The summed E-state index contributed by atoms with van der Waals surface area (Å²) in [6.45, 7) is 2.24. The van der Waals surface area contributed by atoms with E-state index in [1.54, 1.807) is 8.85 Å². The minimum Gasteiger partial charge on any atom is -0.453 e. The number of ether oxygens (including phenoxy) is 1. The minimum atomic E-state index is -0.308. The summed E-state index contributed by atoms with van der Waals surface area (Å²) in [5.41, 5.74) is 2.54. The highest BCUT2D eigenvalue weighted by molar-refractivity contribution is 14.1. The summed E-state index contributed by atoms with van der Waals surface area (Å²) >= 11 is 2.09. The summed E-state index contributed by atoms with van der Waals surface area (Å²) in [7, 11) is 0. The van der Waals surface area contributed by atoms with Crippen LogP contribution in [0.4, 0.5) is 0 Å². The number of pyridine rings is 1. The van der Waals surface area contributed by atoms with Crippen LogP contribution in [-0.4, -0.2) is 5.97 Å². The lowest BCUT2D eigenvalue weighted by Gasteiger charge is -2.03. The fourth-order valence-corrected chi connectivity index (χ4v) is 2.06. The highest BCUT2D eigenvalue weighted by Gasteiger charge is 2.21. The first kappa shape index (κ1) is 13.0. The summed E-state index contributed by atoms with van der Waals surface area (Å²) in [5.74, 6) is -0.308. The van der Waals surface area contributed by atoms with Crippen molar-refractivity contribution in [3.8, 4) is 0 Å². The summed E-state index contributed by atoms with van der Waals surface area (Å²) in [5, 5.41) is 0. The zero-order chi connectivity index (χ0) is 13.0. The Morgan fingerprint density at radius 1 is 1.17 bits per heavy atom. The van der Waals surface area contributed by atoms with E-state index in [9.17, 15) is 4.79 Å². The molecule has 0 bridgehead atoms. The molecular formula is C14H13INO2+. The minimum absolute atomic E-state index is 0.296. The first-order valence-electron chi connectivity index (χ1n) is 5.57. The first-order valence-corrected chi connectivity index (χ1v) is 6.54. The average Bonchev–Trinajstić information content (AvgIpc) is 2.40. The molecular weight excluding hydrogens is 341 g/mol. The van der Waals surface area contributed by atoms with E-state index < -0.39 is 0 Å². The Morgan fingerprint density at radius 2 is 1.89 bits per heavy atom. The normalized spacial score (nSPS) is 10.1. The van der Waals surface area contributed by atoms with Gasteiger partial charge in [0.15, 0.2) is 5.69 Å². The van der Waals surface area contributed by atoms with E-state index in [0.717, 1.165) is 11.3 Å². The van der Waals surface area contributed by atoms with Gasteiger partial charge in [-0.1, -0.05) is 30.3 Å². The highest BCUT2D eigenvalue weighted by atomic mass is 127. The molecule has 2 rings (SSSR count). The molecule has 18 heavy (non-hydrogen) atoms. The third-order valence-electron chi connectivity index (χ3n) is 2.53. The number of aryl methyl sites for hydroxylation is 1. The molecule has 0 spiro atoms. The lowest BCUT2D eigenvalue weighted by molar-refractivity contribution is -0.453. The molecule has 0 saturated heterocycles. The van der Waals surface area contributed by atoms with Crippen molar-refractivity contribution in [1.29, 1.82) is 0 Å². The number of halogens is 1. The van der Waals surface area contributed by atoms with Gasteiger partial charge in [0, 0.05) is 19.1 Å². The number of hydrogen-bond acceptors (Lipinski definition) is 2. The number of benzene rings is 1. The van der Waals surface area contributed by atoms with Gasteiger partial charge in [-0.25, -0.2) is 4.79 Å². The Balaban J connectivity index is 2.07. The van der Waals surface area contributed by atoms with Crippen LogP contribution in [0.3, 0.4) is 0 Å². The molecule has 0 aliphatic heterocycles. The van der Waals surface area contributed by atoms with Crippen molar-refractivity contribution in [3.63, 3.8) is 0 Å². The third kappa shape index (κ3) is 3.07. The standard InChI is InChI=1S/C14H13INO2/c1-11-6-5-9-13(16(11)15)14(17)18-10-12-7-3-2-4-8-12/h2-9H,10H2,1H3/q+1. The predicted octanol–water partition coefficient (Wildman–Crippen LogP) is 2.84. The van der Waals surface area contributed by atoms with Crippen molar-refractivity contribution < 1.29 is 12.3 Å². The number of aromatic nitrogens is 1. The molecule has 0 N–H and O–H groups in total. The van der Waals surface area contributed by atoms with Gasteiger partial charge in [-0.3, -0.25) is 0 Å². The van der Waals surface area contributed by atoms with Crippen molar-refractivity contribution in [1.82, 2.24) is 0 Å². The van der Waals surface area contributed by atoms with Crippen molar-refractivity contribution in [3.05, 3.63) is 65.5 Å². The molecule has 0 unspecified atom stereocenters. The monoisotopic (exact) mass is 354 g/mol. The largest absolute Gasteiger partial charge is 0.453 e. The van der Waals surface area contributed by atoms with E-state index in [1.165, 1.54) is 0 Å². The maximum absolute atomic E-state index is 11.9. The summed E-state index contributed by atoms with van der Waals surface area (Å²) in [4.78, 5) is 11.9. The quantitative estimate of drug-likeness (QED) is 0.627. The van der Waals surface area contributed by atoms with Crippen LogP contribution in [-0.2, 0) is 11.3 Å². The van der Waals surface area contributed by atoms with Crippen LogP contribution >= 0.6 is 22.9 Å².